The maximum atomic E-state index is 12.9. The first-order valence-electron chi connectivity index (χ1n) is 8.57. The number of rotatable bonds is 8. The molecule has 0 fully saturated rings. The maximum absolute atomic E-state index is 12.9. The van der Waals surface area contributed by atoms with Crippen LogP contribution in [-0.4, -0.2) is 26.4 Å². The number of alkyl halides is 3. The van der Waals surface area contributed by atoms with Crippen molar-refractivity contribution in [3.63, 3.8) is 0 Å². The van der Waals surface area contributed by atoms with Crippen molar-refractivity contribution in [1.82, 2.24) is 0 Å². The van der Waals surface area contributed by atoms with Crippen molar-refractivity contribution < 1.29 is 27.4 Å². The molecular formula is C20H24F3NO3. The van der Waals surface area contributed by atoms with Crippen LogP contribution in [0, 0.1) is 0 Å². The molecule has 7 heteroatoms. The van der Waals surface area contributed by atoms with E-state index in [4.69, 9.17) is 19.9 Å². The van der Waals surface area contributed by atoms with E-state index in [9.17, 15) is 13.2 Å². The zero-order valence-electron chi connectivity index (χ0n) is 15.5. The summed E-state index contributed by atoms with van der Waals surface area (Å²) in [7, 11) is 1.49. The fourth-order valence-electron chi connectivity index (χ4n) is 2.86. The second-order valence-electron chi connectivity index (χ2n) is 6.15. The van der Waals surface area contributed by atoms with E-state index < -0.39 is 23.4 Å². The zero-order valence-corrected chi connectivity index (χ0v) is 15.5. The van der Waals surface area contributed by atoms with Crippen molar-refractivity contribution >= 4 is 0 Å². The first kappa shape index (κ1) is 21.1. The Morgan fingerprint density at radius 2 is 1.44 bits per heavy atom. The molecule has 148 valence electrons. The first-order chi connectivity index (χ1) is 12.7. The van der Waals surface area contributed by atoms with Crippen molar-refractivity contribution in [2.24, 2.45) is 5.73 Å². The minimum atomic E-state index is -4.40. The number of hydrogen-bond donors (Lipinski definition) is 1. The molecule has 2 aromatic carbocycles. The van der Waals surface area contributed by atoms with Gasteiger partial charge in [0.15, 0.2) is 5.60 Å². The summed E-state index contributed by atoms with van der Waals surface area (Å²) in [5.74, 6) is 1.22. The van der Waals surface area contributed by atoms with Gasteiger partial charge in [-0.15, -0.1) is 0 Å². The van der Waals surface area contributed by atoms with Crippen LogP contribution in [0.25, 0.3) is 0 Å². The van der Waals surface area contributed by atoms with Gasteiger partial charge in [0.05, 0.1) is 12.2 Å². The topological polar surface area (TPSA) is 53.7 Å². The standard InChI is InChI=1S/C20H24F3NO3/c1-4-26-16-9-11-17(12-10-16)27-19(2,18(13-24)25-3)14-5-7-15(8-6-14)20(21,22)23/h5-12,18H,4,13,24H2,1-3H3. The number of ether oxygens (including phenoxy) is 3. The van der Waals surface area contributed by atoms with E-state index in [0.717, 1.165) is 12.1 Å². The number of benzene rings is 2. The average Bonchev–Trinajstić information content (AvgIpc) is 2.64. The third-order valence-electron chi connectivity index (χ3n) is 4.36. The molecule has 0 aliphatic rings. The molecule has 0 saturated heterocycles. The monoisotopic (exact) mass is 383 g/mol. The van der Waals surface area contributed by atoms with E-state index in [2.05, 4.69) is 0 Å². The molecule has 0 saturated carbocycles. The number of halogens is 3. The van der Waals surface area contributed by atoms with Crippen LogP contribution in [0.4, 0.5) is 13.2 Å². The second-order valence-corrected chi connectivity index (χ2v) is 6.15. The summed E-state index contributed by atoms with van der Waals surface area (Å²) in [6.07, 6.45) is -4.97. The SMILES string of the molecule is CCOc1ccc(OC(C)(c2ccc(C(F)(F)F)cc2)C(CN)OC)cc1. The molecule has 0 spiro atoms. The van der Waals surface area contributed by atoms with Gasteiger partial charge in [0, 0.05) is 13.7 Å². The van der Waals surface area contributed by atoms with Crippen molar-refractivity contribution in [3.8, 4) is 11.5 Å². The molecule has 27 heavy (non-hydrogen) atoms. The minimum absolute atomic E-state index is 0.130. The van der Waals surface area contributed by atoms with Gasteiger partial charge in [0.1, 0.15) is 17.6 Å². The van der Waals surface area contributed by atoms with Crippen LogP contribution in [0.15, 0.2) is 48.5 Å². The lowest BCUT2D eigenvalue weighted by Gasteiger charge is -2.37. The number of hydrogen-bond acceptors (Lipinski definition) is 4. The molecule has 2 aromatic rings. The van der Waals surface area contributed by atoms with Crippen molar-refractivity contribution in [2.45, 2.75) is 31.7 Å². The van der Waals surface area contributed by atoms with Gasteiger partial charge in [-0.1, -0.05) is 12.1 Å². The Hall–Kier alpha value is -2.25. The van der Waals surface area contributed by atoms with Crippen LogP contribution in [-0.2, 0) is 16.5 Å². The molecule has 2 atom stereocenters. The number of nitrogens with two attached hydrogens (primary N) is 1. The molecule has 0 aromatic heterocycles. The fourth-order valence-corrected chi connectivity index (χ4v) is 2.86. The van der Waals surface area contributed by atoms with Gasteiger partial charge in [-0.05, 0) is 55.8 Å². The lowest BCUT2D eigenvalue weighted by Crippen LogP contribution is -2.47. The Labute approximate surface area is 157 Å². The highest BCUT2D eigenvalue weighted by Crippen LogP contribution is 2.36. The lowest BCUT2D eigenvalue weighted by molar-refractivity contribution is -0.137. The van der Waals surface area contributed by atoms with E-state index in [1.54, 1.807) is 31.2 Å². The van der Waals surface area contributed by atoms with Crippen LogP contribution < -0.4 is 15.2 Å². The zero-order chi connectivity index (χ0) is 20.1. The Balaban J connectivity index is 2.37. The van der Waals surface area contributed by atoms with Crippen LogP contribution in [0.5, 0.6) is 11.5 Å². The fraction of sp³-hybridized carbons (Fsp3) is 0.400. The molecule has 0 aliphatic heterocycles. The third kappa shape index (κ3) is 4.93. The second kappa shape index (κ2) is 8.63. The summed E-state index contributed by atoms with van der Waals surface area (Å²) in [5.41, 5.74) is 4.54. The summed E-state index contributed by atoms with van der Waals surface area (Å²) in [6.45, 7) is 4.30. The quantitative estimate of drug-likeness (QED) is 0.735. The van der Waals surface area contributed by atoms with Crippen molar-refractivity contribution in [1.29, 1.82) is 0 Å². The van der Waals surface area contributed by atoms with Gasteiger partial charge in [0.25, 0.3) is 0 Å². The molecule has 0 amide bonds. The largest absolute Gasteiger partial charge is 0.494 e. The summed E-state index contributed by atoms with van der Waals surface area (Å²) in [5, 5.41) is 0. The van der Waals surface area contributed by atoms with E-state index >= 15 is 0 Å². The van der Waals surface area contributed by atoms with Crippen LogP contribution in [0.1, 0.15) is 25.0 Å². The van der Waals surface area contributed by atoms with E-state index in [1.807, 2.05) is 6.92 Å². The van der Waals surface area contributed by atoms with E-state index in [0.29, 0.717) is 23.7 Å². The summed E-state index contributed by atoms with van der Waals surface area (Å²) in [6, 6.07) is 11.8. The van der Waals surface area contributed by atoms with Gasteiger partial charge in [-0.25, -0.2) is 0 Å². The lowest BCUT2D eigenvalue weighted by atomic mass is 9.88. The Bertz CT molecular complexity index is 713. The van der Waals surface area contributed by atoms with Crippen molar-refractivity contribution in [3.05, 3.63) is 59.7 Å². The molecule has 0 bridgehead atoms. The Morgan fingerprint density at radius 1 is 0.926 bits per heavy atom. The highest BCUT2D eigenvalue weighted by Gasteiger charge is 2.39. The molecule has 0 radical (unpaired) electrons. The van der Waals surface area contributed by atoms with Gasteiger partial charge in [-0.2, -0.15) is 13.2 Å². The van der Waals surface area contributed by atoms with Gasteiger partial charge < -0.3 is 19.9 Å². The van der Waals surface area contributed by atoms with Crippen LogP contribution in [0.3, 0.4) is 0 Å². The first-order valence-corrected chi connectivity index (χ1v) is 8.57. The molecule has 2 N–H and O–H groups in total. The predicted octanol–water partition coefficient (Wildman–Crippen LogP) is 4.37. The molecule has 4 nitrogen and oxygen atoms in total. The molecule has 2 unspecified atom stereocenters. The summed E-state index contributed by atoms with van der Waals surface area (Å²) in [4.78, 5) is 0. The molecule has 2 rings (SSSR count). The minimum Gasteiger partial charge on any atom is -0.494 e. The normalized spacial score (nSPS) is 15.1. The Kier molecular flexibility index (Phi) is 6.73. The van der Waals surface area contributed by atoms with Gasteiger partial charge in [-0.3, -0.25) is 0 Å². The van der Waals surface area contributed by atoms with Gasteiger partial charge in [0.2, 0.25) is 0 Å². The smallest absolute Gasteiger partial charge is 0.416 e. The maximum Gasteiger partial charge on any atom is 0.416 e. The van der Waals surface area contributed by atoms with Crippen LogP contribution in [0.2, 0.25) is 0 Å². The van der Waals surface area contributed by atoms with E-state index in [1.165, 1.54) is 19.2 Å². The highest BCUT2D eigenvalue weighted by atomic mass is 19.4. The average molecular weight is 383 g/mol. The van der Waals surface area contributed by atoms with Crippen molar-refractivity contribution in [2.75, 3.05) is 20.3 Å². The third-order valence-corrected chi connectivity index (χ3v) is 4.36. The predicted molar refractivity (Wildman–Crippen MR) is 96.9 cm³/mol. The summed E-state index contributed by atoms with van der Waals surface area (Å²) < 4.78 is 55.6. The number of methoxy groups -OCH3 is 1. The van der Waals surface area contributed by atoms with E-state index in [-0.39, 0.29) is 6.54 Å². The Morgan fingerprint density at radius 3 is 1.89 bits per heavy atom. The molecule has 0 heterocycles. The van der Waals surface area contributed by atoms with Crippen LogP contribution >= 0.6 is 0 Å². The molecular weight excluding hydrogens is 359 g/mol. The van der Waals surface area contributed by atoms with Gasteiger partial charge >= 0.3 is 6.18 Å². The highest BCUT2D eigenvalue weighted by molar-refractivity contribution is 5.35. The molecule has 0 aliphatic carbocycles. The summed E-state index contributed by atoms with van der Waals surface area (Å²) >= 11 is 0.